The Labute approximate surface area is 244 Å². The van der Waals surface area contributed by atoms with Crippen LogP contribution in [-0.4, -0.2) is 38.1 Å². The summed E-state index contributed by atoms with van der Waals surface area (Å²) in [5.41, 5.74) is 29.7. The number of hydrogen-bond donors (Lipinski definition) is 6. The molecule has 2 fully saturated rings. The Morgan fingerprint density at radius 1 is 0.625 bits per heavy atom. The predicted molar refractivity (Wildman–Crippen MR) is 170 cm³/mol. The molecular weight excluding hydrogens is 537 g/mol. The minimum Gasteiger partial charge on any atom is -0.370 e. The van der Waals surface area contributed by atoms with Gasteiger partial charge in [0.1, 0.15) is 0 Å². The van der Waals surface area contributed by atoms with E-state index in [1.807, 2.05) is 23.5 Å². The molecule has 0 saturated carbocycles. The van der Waals surface area contributed by atoms with Gasteiger partial charge in [-0.2, -0.15) is 0 Å². The molecular formula is C30H38N8S2. The van der Waals surface area contributed by atoms with Gasteiger partial charge in [-0.1, -0.05) is 72.8 Å². The molecule has 0 amide bonds. The lowest BCUT2D eigenvalue weighted by Crippen LogP contribution is -2.23. The van der Waals surface area contributed by atoms with E-state index in [0.717, 1.165) is 25.9 Å². The van der Waals surface area contributed by atoms with Gasteiger partial charge in [0.05, 0.1) is 10.7 Å². The maximum absolute atomic E-state index is 5.47. The van der Waals surface area contributed by atoms with Gasteiger partial charge < -0.3 is 33.6 Å². The Balaban J connectivity index is 1.19. The monoisotopic (exact) mass is 574 g/mol. The Morgan fingerprint density at radius 2 is 1.05 bits per heavy atom. The Kier molecular flexibility index (Phi) is 9.53. The molecule has 10 heteroatoms. The molecule has 3 aromatic rings. The fourth-order valence-corrected chi connectivity index (χ4v) is 7.79. The van der Waals surface area contributed by atoms with Crippen molar-refractivity contribution in [1.29, 1.82) is 0 Å². The molecule has 2 aliphatic heterocycles. The van der Waals surface area contributed by atoms with E-state index in [0.29, 0.717) is 23.6 Å². The Hall–Kier alpha value is -3.18. The van der Waals surface area contributed by atoms with Crippen molar-refractivity contribution in [3.05, 3.63) is 106 Å². The third-order valence-electron chi connectivity index (χ3n) is 7.13. The molecule has 0 radical (unpaired) electrons. The quantitative estimate of drug-likeness (QED) is 0.159. The zero-order chi connectivity index (χ0) is 27.9. The number of guanidine groups is 2. The zero-order valence-corrected chi connectivity index (χ0v) is 24.1. The maximum Gasteiger partial charge on any atom is 0.185 e. The highest BCUT2D eigenvalue weighted by molar-refractivity contribution is 8.00. The van der Waals surface area contributed by atoms with Crippen molar-refractivity contribution in [1.82, 2.24) is 10.6 Å². The first-order valence-corrected chi connectivity index (χ1v) is 15.5. The Bertz CT molecular complexity index is 1250. The third-order valence-corrected chi connectivity index (χ3v) is 10.1. The van der Waals surface area contributed by atoms with E-state index in [1.54, 1.807) is 0 Å². The SMILES string of the molecule is NC(N)=NCCc1cccc(C2CNC(c3cccc(C4NCC(c5cccc(CCN=C(N)N)c5)S4)c3)S2)c1. The predicted octanol–water partition coefficient (Wildman–Crippen LogP) is 3.47. The Morgan fingerprint density at radius 3 is 1.50 bits per heavy atom. The number of thioether (sulfide) groups is 2. The number of aliphatic imine (C=N–C) groups is 2. The van der Waals surface area contributed by atoms with Crippen LogP contribution in [0.25, 0.3) is 0 Å². The smallest absolute Gasteiger partial charge is 0.185 e. The second-order valence-electron chi connectivity index (χ2n) is 10.1. The van der Waals surface area contributed by atoms with Crippen molar-refractivity contribution in [3.63, 3.8) is 0 Å². The van der Waals surface area contributed by atoms with Crippen LogP contribution in [0.4, 0.5) is 0 Å². The van der Waals surface area contributed by atoms with Crippen LogP contribution in [0.15, 0.2) is 82.8 Å². The molecule has 40 heavy (non-hydrogen) atoms. The van der Waals surface area contributed by atoms with Crippen molar-refractivity contribution in [2.24, 2.45) is 32.9 Å². The molecule has 0 aliphatic carbocycles. The highest BCUT2D eigenvalue weighted by atomic mass is 32.2. The molecule has 2 heterocycles. The van der Waals surface area contributed by atoms with E-state index in [4.69, 9.17) is 22.9 Å². The molecule has 10 N–H and O–H groups in total. The van der Waals surface area contributed by atoms with Crippen molar-refractivity contribution in [2.45, 2.75) is 34.1 Å². The first-order chi connectivity index (χ1) is 19.4. The van der Waals surface area contributed by atoms with Gasteiger partial charge in [-0.3, -0.25) is 9.98 Å². The van der Waals surface area contributed by atoms with Crippen LogP contribution >= 0.6 is 23.5 Å². The first kappa shape index (κ1) is 28.4. The second-order valence-corrected chi connectivity index (χ2v) is 12.7. The van der Waals surface area contributed by atoms with Gasteiger partial charge in [0.25, 0.3) is 0 Å². The van der Waals surface area contributed by atoms with Crippen LogP contribution < -0.4 is 33.6 Å². The summed E-state index contributed by atoms with van der Waals surface area (Å²) in [5.74, 6) is 0.285. The van der Waals surface area contributed by atoms with Crippen LogP contribution in [0.5, 0.6) is 0 Å². The van der Waals surface area contributed by atoms with Crippen molar-refractivity contribution >= 4 is 35.4 Å². The van der Waals surface area contributed by atoms with E-state index in [1.165, 1.54) is 33.4 Å². The molecule has 5 rings (SSSR count). The van der Waals surface area contributed by atoms with E-state index >= 15 is 0 Å². The number of nitrogens with two attached hydrogens (primary N) is 4. The van der Waals surface area contributed by atoms with Crippen molar-refractivity contribution in [3.8, 4) is 0 Å². The number of rotatable bonds is 10. The van der Waals surface area contributed by atoms with Gasteiger partial charge in [-0.05, 0) is 46.2 Å². The summed E-state index contributed by atoms with van der Waals surface area (Å²) in [6.07, 6.45) is 1.66. The molecule has 8 nitrogen and oxygen atoms in total. The first-order valence-electron chi connectivity index (χ1n) is 13.6. The van der Waals surface area contributed by atoms with Crippen LogP contribution in [0.1, 0.15) is 54.6 Å². The highest BCUT2D eigenvalue weighted by Gasteiger charge is 2.30. The summed E-state index contributed by atoms with van der Waals surface area (Å²) >= 11 is 3.96. The summed E-state index contributed by atoms with van der Waals surface area (Å²) in [6.45, 7) is 3.09. The van der Waals surface area contributed by atoms with Gasteiger partial charge in [0.15, 0.2) is 11.9 Å². The molecule has 4 unspecified atom stereocenters. The lowest BCUT2D eigenvalue weighted by atomic mass is 10.1. The molecule has 4 atom stereocenters. The molecule has 0 spiro atoms. The number of benzene rings is 3. The number of nitrogens with zero attached hydrogens (tertiary/aromatic N) is 2. The van der Waals surface area contributed by atoms with Crippen LogP contribution in [0.2, 0.25) is 0 Å². The molecule has 3 aromatic carbocycles. The summed E-state index contributed by atoms with van der Waals surface area (Å²) < 4.78 is 0. The fraction of sp³-hybridized carbons (Fsp3) is 0.333. The zero-order valence-electron chi connectivity index (χ0n) is 22.5. The lowest BCUT2D eigenvalue weighted by Gasteiger charge is -2.16. The normalized spacial score (nSPS) is 22.2. The van der Waals surface area contributed by atoms with Gasteiger partial charge in [0.2, 0.25) is 0 Å². The van der Waals surface area contributed by atoms with E-state index < -0.39 is 0 Å². The molecule has 210 valence electrons. The summed E-state index contributed by atoms with van der Waals surface area (Å²) in [6, 6.07) is 26.6. The van der Waals surface area contributed by atoms with Gasteiger partial charge >= 0.3 is 0 Å². The minimum absolute atomic E-state index is 0.142. The lowest BCUT2D eigenvalue weighted by molar-refractivity contribution is 0.702. The molecule has 2 aliphatic rings. The summed E-state index contributed by atoms with van der Waals surface area (Å²) in [7, 11) is 0. The van der Waals surface area contributed by atoms with Gasteiger partial charge in [-0.25, -0.2) is 0 Å². The maximum atomic E-state index is 5.47. The molecule has 0 bridgehead atoms. The highest BCUT2D eigenvalue weighted by Crippen LogP contribution is 2.47. The number of hydrogen-bond acceptors (Lipinski definition) is 6. The largest absolute Gasteiger partial charge is 0.370 e. The van der Waals surface area contributed by atoms with E-state index in [-0.39, 0.29) is 22.7 Å². The fourth-order valence-electron chi connectivity index (χ4n) is 5.15. The van der Waals surface area contributed by atoms with Gasteiger partial charge in [0, 0.05) is 36.7 Å². The van der Waals surface area contributed by atoms with Crippen molar-refractivity contribution in [2.75, 3.05) is 26.2 Å². The molecule has 0 aromatic heterocycles. The molecule has 2 saturated heterocycles. The number of nitrogens with one attached hydrogen (secondary N) is 2. The van der Waals surface area contributed by atoms with Crippen LogP contribution in [0.3, 0.4) is 0 Å². The minimum atomic E-state index is 0.142. The van der Waals surface area contributed by atoms with Crippen LogP contribution in [-0.2, 0) is 12.8 Å². The topological polar surface area (TPSA) is 153 Å². The average Bonchev–Trinajstić information content (AvgIpc) is 3.64. The summed E-state index contributed by atoms with van der Waals surface area (Å²) in [4.78, 5) is 8.23. The van der Waals surface area contributed by atoms with Crippen LogP contribution in [0, 0.1) is 0 Å². The van der Waals surface area contributed by atoms with Crippen molar-refractivity contribution < 1.29 is 0 Å². The third kappa shape index (κ3) is 7.51. The summed E-state index contributed by atoms with van der Waals surface area (Å²) in [5, 5.41) is 8.81. The van der Waals surface area contributed by atoms with E-state index in [9.17, 15) is 0 Å². The standard InChI is InChI=1S/C30H38N8S2/c31-29(32)35-12-10-19-4-1-6-21(14-19)25-17-37-27(39-25)23-8-3-9-24(16-23)28-38-18-26(40-28)22-7-2-5-20(15-22)11-13-36-30(33)34/h1-9,14-16,25-28,37-38H,10-13,17-18H2,(H4,31,32,35)(H4,33,34,36). The average molecular weight is 575 g/mol. The van der Waals surface area contributed by atoms with Gasteiger partial charge in [-0.15, -0.1) is 23.5 Å². The second kappa shape index (κ2) is 13.5. The van der Waals surface area contributed by atoms with E-state index in [2.05, 4.69) is 93.4 Å².